The number of carbonyl (C=O) groups is 1. The summed E-state index contributed by atoms with van der Waals surface area (Å²) in [5.74, 6) is 0. The van der Waals surface area contributed by atoms with Gasteiger partial charge in [-0.05, 0) is 76.3 Å². The van der Waals surface area contributed by atoms with Gasteiger partial charge in [0.05, 0.1) is 28.9 Å². The summed E-state index contributed by atoms with van der Waals surface area (Å²) in [6.45, 7) is 13.1. The van der Waals surface area contributed by atoms with Gasteiger partial charge in [0.25, 0.3) is 11.4 Å². The zero-order valence-corrected chi connectivity index (χ0v) is 23.7. The Bertz CT molecular complexity index is 1390. The first-order valence-electron chi connectivity index (χ1n) is 12.5. The molecular weight excluding hydrogens is 520 g/mol. The van der Waals surface area contributed by atoms with Crippen molar-refractivity contribution in [3.05, 3.63) is 80.0 Å². The van der Waals surface area contributed by atoms with Crippen LogP contribution in [0.3, 0.4) is 0 Å². The van der Waals surface area contributed by atoms with Crippen molar-refractivity contribution in [2.45, 2.75) is 59.0 Å². The van der Waals surface area contributed by atoms with E-state index < -0.39 is 15.4 Å². The number of aromatic nitrogens is 1. The van der Waals surface area contributed by atoms with E-state index in [2.05, 4.69) is 25.7 Å². The maximum Gasteiger partial charge on any atom is 0.327 e. The second-order valence-corrected chi connectivity index (χ2v) is 12.3. The minimum Gasteiger partial charge on any atom is -0.306 e. The van der Waals surface area contributed by atoms with Gasteiger partial charge in [-0.3, -0.25) is 30.0 Å². The molecule has 4 rings (SSSR count). The number of carbonyl (C=O) groups excluding carboxylic acids is 1. The molecule has 206 valence electrons. The van der Waals surface area contributed by atoms with Crippen LogP contribution in [0.5, 0.6) is 0 Å². The Morgan fingerprint density at radius 2 is 1.38 bits per heavy atom. The number of non-ortho nitro benzene ring substituents is 2. The first kappa shape index (κ1) is 28.1. The number of hydrogen-bond donors (Lipinski definition) is 0. The van der Waals surface area contributed by atoms with Crippen LogP contribution in [0.2, 0.25) is 0 Å². The number of urea groups is 1. The molecule has 1 fully saturated rings. The fourth-order valence-corrected chi connectivity index (χ4v) is 5.23. The van der Waals surface area contributed by atoms with Crippen molar-refractivity contribution < 1.29 is 14.6 Å². The fraction of sp³-hybridized carbons (Fsp3) is 0.407. The van der Waals surface area contributed by atoms with Crippen molar-refractivity contribution in [2.24, 2.45) is 0 Å². The van der Waals surface area contributed by atoms with Gasteiger partial charge < -0.3 is 4.90 Å². The molecule has 0 aliphatic carbocycles. The smallest absolute Gasteiger partial charge is 0.306 e. The van der Waals surface area contributed by atoms with Crippen molar-refractivity contribution in [1.29, 1.82) is 0 Å². The molecule has 2 heterocycles. The highest BCUT2D eigenvalue weighted by Crippen LogP contribution is 2.42. The summed E-state index contributed by atoms with van der Waals surface area (Å²) in [4.78, 5) is 41.1. The number of amides is 2. The molecule has 0 atom stereocenters. The average Bonchev–Trinajstić information content (AvgIpc) is 3.26. The summed E-state index contributed by atoms with van der Waals surface area (Å²) in [6, 6.07) is 12.3. The molecular formula is C27H32N6O5S. The minimum absolute atomic E-state index is 0.00299. The Labute approximate surface area is 231 Å². The van der Waals surface area contributed by atoms with Crippen molar-refractivity contribution in [3.8, 4) is 11.1 Å². The number of nitro benzene ring substituents is 2. The monoisotopic (exact) mass is 552 g/mol. The van der Waals surface area contributed by atoms with Crippen molar-refractivity contribution in [3.63, 3.8) is 0 Å². The SMILES string of the molecule is CC(C)(C)N1CN(c2snc(Cc3ccc([N+](=O)[O-])cc3)c2-c2ccc([N+](=O)[O-])cc2)C(=O)N(C(C)(C)C)C1. The van der Waals surface area contributed by atoms with Crippen LogP contribution in [-0.4, -0.2) is 54.5 Å². The number of benzene rings is 2. The molecule has 0 unspecified atom stereocenters. The Morgan fingerprint density at radius 1 is 0.846 bits per heavy atom. The molecule has 1 aliphatic rings. The third kappa shape index (κ3) is 5.91. The van der Waals surface area contributed by atoms with Crippen LogP contribution >= 0.6 is 11.5 Å². The second kappa shape index (κ2) is 10.3. The van der Waals surface area contributed by atoms with E-state index in [-0.39, 0.29) is 22.9 Å². The quantitative estimate of drug-likeness (QED) is 0.260. The average molecular weight is 553 g/mol. The van der Waals surface area contributed by atoms with Gasteiger partial charge in [-0.2, -0.15) is 4.37 Å². The van der Waals surface area contributed by atoms with Crippen LogP contribution in [0.25, 0.3) is 11.1 Å². The highest BCUT2D eigenvalue weighted by molar-refractivity contribution is 7.11. The lowest BCUT2D eigenvalue weighted by Gasteiger charge is -2.51. The lowest BCUT2D eigenvalue weighted by atomic mass is 10.00. The summed E-state index contributed by atoms with van der Waals surface area (Å²) >= 11 is 1.20. The molecule has 39 heavy (non-hydrogen) atoms. The molecule has 12 heteroatoms. The number of nitro groups is 2. The number of rotatable bonds is 6. The van der Waals surface area contributed by atoms with Crippen molar-refractivity contribution >= 4 is 33.9 Å². The van der Waals surface area contributed by atoms with E-state index in [4.69, 9.17) is 4.37 Å². The molecule has 0 spiro atoms. The van der Waals surface area contributed by atoms with Crippen molar-refractivity contribution in [2.75, 3.05) is 18.2 Å². The second-order valence-electron chi connectivity index (χ2n) is 11.5. The summed E-state index contributed by atoms with van der Waals surface area (Å²) in [5.41, 5.74) is 2.22. The topological polar surface area (TPSA) is 126 Å². The van der Waals surface area contributed by atoms with Gasteiger partial charge in [-0.1, -0.05) is 12.1 Å². The lowest BCUT2D eigenvalue weighted by molar-refractivity contribution is -0.385. The van der Waals surface area contributed by atoms with Crippen molar-refractivity contribution in [1.82, 2.24) is 14.2 Å². The van der Waals surface area contributed by atoms with E-state index in [1.165, 1.54) is 35.8 Å². The molecule has 1 aliphatic heterocycles. The van der Waals surface area contributed by atoms with Crippen LogP contribution in [0, 0.1) is 20.2 Å². The third-order valence-corrected chi connectivity index (χ3v) is 7.63. The van der Waals surface area contributed by atoms with Gasteiger partial charge in [0, 0.05) is 47.3 Å². The van der Waals surface area contributed by atoms with Gasteiger partial charge in [-0.25, -0.2) is 4.79 Å². The number of anilines is 1. The van der Waals surface area contributed by atoms with E-state index in [0.717, 1.165) is 5.56 Å². The van der Waals surface area contributed by atoms with E-state index in [9.17, 15) is 25.0 Å². The maximum atomic E-state index is 13.9. The molecule has 11 nitrogen and oxygen atoms in total. The molecule has 3 aromatic rings. The van der Waals surface area contributed by atoms with Gasteiger partial charge in [0.1, 0.15) is 5.00 Å². The summed E-state index contributed by atoms with van der Waals surface area (Å²) in [7, 11) is 0. The Balaban J connectivity index is 1.83. The molecule has 0 N–H and O–H groups in total. The lowest BCUT2D eigenvalue weighted by Crippen LogP contribution is -2.66. The predicted octanol–water partition coefficient (Wildman–Crippen LogP) is 6.27. The van der Waals surface area contributed by atoms with Gasteiger partial charge in [0.2, 0.25) is 0 Å². The zero-order valence-electron chi connectivity index (χ0n) is 22.9. The van der Waals surface area contributed by atoms with Gasteiger partial charge >= 0.3 is 6.03 Å². The van der Waals surface area contributed by atoms with Gasteiger partial charge in [0.15, 0.2) is 0 Å². The van der Waals surface area contributed by atoms with E-state index in [0.29, 0.717) is 41.6 Å². The van der Waals surface area contributed by atoms with Crippen LogP contribution < -0.4 is 4.90 Å². The molecule has 1 saturated heterocycles. The maximum absolute atomic E-state index is 13.9. The van der Waals surface area contributed by atoms with E-state index in [1.54, 1.807) is 29.2 Å². The Kier molecular flexibility index (Phi) is 7.46. The molecule has 2 amide bonds. The number of hydrogen-bond acceptors (Lipinski definition) is 8. The molecule has 1 aromatic heterocycles. The number of nitrogens with zero attached hydrogens (tertiary/aromatic N) is 6. The molecule has 2 aromatic carbocycles. The Hall–Kier alpha value is -3.90. The molecule has 0 bridgehead atoms. The molecule has 0 radical (unpaired) electrons. The fourth-order valence-electron chi connectivity index (χ4n) is 4.31. The largest absolute Gasteiger partial charge is 0.327 e. The highest BCUT2D eigenvalue weighted by Gasteiger charge is 2.42. The van der Waals surface area contributed by atoms with E-state index in [1.807, 2.05) is 25.7 Å². The normalized spacial score (nSPS) is 15.1. The van der Waals surface area contributed by atoms with Gasteiger partial charge in [-0.15, -0.1) is 0 Å². The van der Waals surface area contributed by atoms with Crippen LogP contribution in [0.1, 0.15) is 52.8 Å². The Morgan fingerprint density at radius 3 is 1.87 bits per heavy atom. The first-order chi connectivity index (χ1) is 18.2. The van der Waals surface area contributed by atoms with Crippen LogP contribution in [0.15, 0.2) is 48.5 Å². The summed E-state index contributed by atoms with van der Waals surface area (Å²) in [6.07, 6.45) is 0.370. The third-order valence-electron chi connectivity index (χ3n) is 6.72. The highest BCUT2D eigenvalue weighted by atomic mass is 32.1. The molecule has 0 saturated carbocycles. The predicted molar refractivity (Wildman–Crippen MR) is 151 cm³/mol. The van der Waals surface area contributed by atoms with Crippen LogP contribution in [0.4, 0.5) is 21.2 Å². The summed E-state index contributed by atoms with van der Waals surface area (Å²) in [5, 5.41) is 23.0. The minimum atomic E-state index is -0.453. The van der Waals surface area contributed by atoms with E-state index >= 15 is 0 Å². The standard InChI is InChI=1S/C27H32N6O5S/c1-26(2,3)29-16-30(25(34)31(17-29)27(4,5)6)24-23(19-9-13-21(14-10-19)33(37)38)22(28-39-24)15-18-7-11-20(12-8-18)32(35)36/h7-14H,15-17H2,1-6H3. The summed E-state index contributed by atoms with van der Waals surface area (Å²) < 4.78 is 4.73. The van der Waals surface area contributed by atoms with Crippen LogP contribution in [-0.2, 0) is 6.42 Å². The zero-order chi connectivity index (χ0) is 28.7. The first-order valence-corrected chi connectivity index (χ1v) is 13.2.